The molecule has 0 aliphatic heterocycles. The van der Waals surface area contributed by atoms with Crippen molar-refractivity contribution in [3.8, 4) is 11.5 Å². The predicted octanol–water partition coefficient (Wildman–Crippen LogP) is 4.13. The van der Waals surface area contributed by atoms with Crippen molar-refractivity contribution in [3.63, 3.8) is 0 Å². The molecule has 0 radical (unpaired) electrons. The van der Waals surface area contributed by atoms with Gasteiger partial charge in [-0.15, -0.1) is 11.3 Å². The van der Waals surface area contributed by atoms with E-state index in [9.17, 15) is 8.78 Å². The summed E-state index contributed by atoms with van der Waals surface area (Å²) in [6.07, 6.45) is 0. The first-order valence-corrected chi connectivity index (χ1v) is 9.89. The maximum Gasteiger partial charge on any atom is 0.387 e. The molecule has 0 bridgehead atoms. The van der Waals surface area contributed by atoms with Crippen LogP contribution in [0.15, 0.2) is 28.6 Å². The molecule has 0 unspecified atom stereocenters. The molecule has 154 valence electrons. The van der Waals surface area contributed by atoms with E-state index in [1.54, 1.807) is 23.5 Å². The molecule has 1 aromatic heterocycles. The van der Waals surface area contributed by atoms with Crippen LogP contribution >= 0.6 is 11.3 Å². The molecule has 0 atom stereocenters. The Kier molecular flexibility index (Phi) is 8.43. The molecule has 28 heavy (non-hydrogen) atoms. The molecule has 0 fully saturated rings. The molecule has 0 aliphatic carbocycles. The van der Waals surface area contributed by atoms with Gasteiger partial charge in [0.15, 0.2) is 5.96 Å². The molecule has 0 aliphatic rings. The van der Waals surface area contributed by atoms with Gasteiger partial charge in [0.1, 0.15) is 11.5 Å². The van der Waals surface area contributed by atoms with Crippen molar-refractivity contribution < 1.29 is 18.3 Å². The smallest absolute Gasteiger partial charge is 0.387 e. The highest BCUT2D eigenvalue weighted by Crippen LogP contribution is 2.26. The quantitative estimate of drug-likeness (QED) is 0.479. The summed E-state index contributed by atoms with van der Waals surface area (Å²) in [6.45, 7) is 4.61. The fourth-order valence-corrected chi connectivity index (χ4v) is 3.20. The molecule has 0 amide bonds. The lowest BCUT2D eigenvalue weighted by atomic mass is 10.2. The third kappa shape index (κ3) is 6.63. The number of hydrogen-bond acceptors (Lipinski definition) is 5. The first-order chi connectivity index (χ1) is 13.4. The summed E-state index contributed by atoms with van der Waals surface area (Å²) in [5, 5.41) is 9.45. The van der Waals surface area contributed by atoms with Crippen molar-refractivity contribution in [1.29, 1.82) is 0 Å². The molecular formula is C19H26F2N4O2S. The number of halogens is 2. The van der Waals surface area contributed by atoms with E-state index in [2.05, 4.69) is 39.2 Å². The number of aromatic nitrogens is 1. The summed E-state index contributed by atoms with van der Waals surface area (Å²) < 4.78 is 35.0. The summed E-state index contributed by atoms with van der Waals surface area (Å²) in [7, 11) is 1.51. The molecule has 9 heteroatoms. The van der Waals surface area contributed by atoms with Crippen molar-refractivity contribution >= 4 is 17.3 Å². The van der Waals surface area contributed by atoms with Crippen LogP contribution < -0.4 is 20.1 Å². The first-order valence-electron chi connectivity index (χ1n) is 9.01. The maximum atomic E-state index is 12.6. The highest BCUT2D eigenvalue weighted by molar-refractivity contribution is 7.09. The molecule has 2 aromatic rings. The monoisotopic (exact) mass is 412 g/mol. The Balaban J connectivity index is 2.10. The largest absolute Gasteiger partial charge is 0.497 e. The van der Waals surface area contributed by atoms with Crippen LogP contribution in [0, 0.1) is 0 Å². The number of guanidine groups is 1. The Morgan fingerprint density at radius 1 is 1.29 bits per heavy atom. The Bertz CT molecular complexity index is 781. The SMILES string of the molecule is CCNC(=NCc1cc(OC)ccc1OC(F)F)NCc1csc(C(C)C)n1. The second-order valence-corrected chi connectivity index (χ2v) is 7.12. The number of methoxy groups -OCH3 is 1. The van der Waals surface area contributed by atoms with Crippen molar-refractivity contribution in [2.45, 2.75) is 46.4 Å². The van der Waals surface area contributed by atoms with Gasteiger partial charge < -0.3 is 20.1 Å². The fourth-order valence-electron chi connectivity index (χ4n) is 2.37. The standard InChI is InChI=1S/C19H26F2N4O2S/c1-5-22-19(24-10-14-11-28-17(25-14)12(2)3)23-9-13-8-15(26-4)6-7-16(13)27-18(20)21/h6-8,11-12,18H,5,9-10H2,1-4H3,(H2,22,23,24). The minimum Gasteiger partial charge on any atom is -0.497 e. The van der Waals surface area contributed by atoms with Gasteiger partial charge in [0, 0.05) is 23.4 Å². The van der Waals surface area contributed by atoms with Gasteiger partial charge in [-0.05, 0) is 25.1 Å². The van der Waals surface area contributed by atoms with E-state index in [1.165, 1.54) is 13.2 Å². The molecule has 2 N–H and O–H groups in total. The Labute approximate surface area is 168 Å². The number of benzene rings is 1. The number of thiazole rings is 1. The Hall–Kier alpha value is -2.42. The second-order valence-electron chi connectivity index (χ2n) is 6.23. The molecule has 0 spiro atoms. The highest BCUT2D eigenvalue weighted by Gasteiger charge is 2.11. The van der Waals surface area contributed by atoms with E-state index in [0.717, 1.165) is 10.7 Å². The van der Waals surface area contributed by atoms with E-state index in [1.807, 2.05) is 12.3 Å². The van der Waals surface area contributed by atoms with Gasteiger partial charge in [-0.3, -0.25) is 0 Å². The molecule has 0 saturated carbocycles. The lowest BCUT2D eigenvalue weighted by molar-refractivity contribution is -0.0504. The number of hydrogen-bond donors (Lipinski definition) is 2. The Morgan fingerprint density at radius 3 is 2.68 bits per heavy atom. The maximum absolute atomic E-state index is 12.6. The van der Waals surface area contributed by atoms with Crippen LogP contribution in [0.1, 0.15) is 43.0 Å². The summed E-state index contributed by atoms with van der Waals surface area (Å²) in [5.74, 6) is 1.58. The van der Waals surface area contributed by atoms with Gasteiger partial charge in [0.05, 0.1) is 30.9 Å². The summed E-state index contributed by atoms with van der Waals surface area (Å²) in [6, 6.07) is 4.67. The average Bonchev–Trinajstić information content (AvgIpc) is 3.14. The van der Waals surface area contributed by atoms with Crippen molar-refractivity contribution in [1.82, 2.24) is 15.6 Å². The zero-order valence-corrected chi connectivity index (χ0v) is 17.3. The first kappa shape index (κ1) is 21.9. The molecule has 1 heterocycles. The lowest BCUT2D eigenvalue weighted by Crippen LogP contribution is -2.36. The van der Waals surface area contributed by atoms with Gasteiger partial charge in [0.2, 0.25) is 0 Å². The third-order valence-corrected chi connectivity index (χ3v) is 4.93. The van der Waals surface area contributed by atoms with Gasteiger partial charge in [-0.25, -0.2) is 9.98 Å². The lowest BCUT2D eigenvalue weighted by Gasteiger charge is -2.13. The van der Waals surface area contributed by atoms with E-state index < -0.39 is 6.61 Å². The van der Waals surface area contributed by atoms with Crippen LogP contribution in [0.5, 0.6) is 11.5 Å². The minimum atomic E-state index is -2.90. The van der Waals surface area contributed by atoms with Crippen LogP contribution in [0.3, 0.4) is 0 Å². The van der Waals surface area contributed by atoms with Crippen LogP contribution in [0.2, 0.25) is 0 Å². The zero-order chi connectivity index (χ0) is 20.5. The van der Waals surface area contributed by atoms with E-state index in [-0.39, 0.29) is 12.3 Å². The zero-order valence-electron chi connectivity index (χ0n) is 16.5. The van der Waals surface area contributed by atoms with Gasteiger partial charge in [-0.2, -0.15) is 8.78 Å². The summed E-state index contributed by atoms with van der Waals surface area (Å²) >= 11 is 1.63. The van der Waals surface area contributed by atoms with E-state index in [0.29, 0.717) is 36.3 Å². The van der Waals surface area contributed by atoms with Crippen LogP contribution in [-0.2, 0) is 13.1 Å². The number of aliphatic imine (C=N–C) groups is 1. The van der Waals surface area contributed by atoms with Crippen LogP contribution in [0.25, 0.3) is 0 Å². The van der Waals surface area contributed by atoms with Gasteiger partial charge in [0.25, 0.3) is 0 Å². The van der Waals surface area contributed by atoms with Gasteiger partial charge >= 0.3 is 6.61 Å². The molecule has 1 aromatic carbocycles. The number of nitrogens with one attached hydrogen (secondary N) is 2. The van der Waals surface area contributed by atoms with E-state index >= 15 is 0 Å². The van der Waals surface area contributed by atoms with Crippen molar-refractivity contribution in [2.24, 2.45) is 4.99 Å². The topological polar surface area (TPSA) is 67.8 Å². The van der Waals surface area contributed by atoms with Gasteiger partial charge in [-0.1, -0.05) is 13.8 Å². The fraction of sp³-hybridized carbons (Fsp3) is 0.474. The van der Waals surface area contributed by atoms with Crippen LogP contribution in [-0.4, -0.2) is 31.2 Å². The normalized spacial score (nSPS) is 11.8. The van der Waals surface area contributed by atoms with E-state index in [4.69, 9.17) is 4.74 Å². The average molecular weight is 413 g/mol. The molecule has 0 saturated heterocycles. The number of nitrogens with zero attached hydrogens (tertiary/aromatic N) is 2. The predicted molar refractivity (Wildman–Crippen MR) is 107 cm³/mol. The number of alkyl halides is 2. The number of ether oxygens (including phenoxy) is 2. The highest BCUT2D eigenvalue weighted by atomic mass is 32.1. The molecule has 2 rings (SSSR count). The molecular weight excluding hydrogens is 386 g/mol. The minimum absolute atomic E-state index is 0.0801. The third-order valence-electron chi connectivity index (χ3n) is 3.74. The summed E-state index contributed by atoms with van der Waals surface area (Å²) in [5.41, 5.74) is 1.44. The second kappa shape index (κ2) is 10.8. The summed E-state index contributed by atoms with van der Waals surface area (Å²) in [4.78, 5) is 9.06. The van der Waals surface area contributed by atoms with Crippen LogP contribution in [0.4, 0.5) is 8.78 Å². The van der Waals surface area contributed by atoms with Crippen molar-refractivity contribution in [2.75, 3.05) is 13.7 Å². The Morgan fingerprint density at radius 2 is 2.07 bits per heavy atom. The number of rotatable bonds is 9. The van der Waals surface area contributed by atoms with Crippen molar-refractivity contribution in [3.05, 3.63) is 39.8 Å². The molecule has 6 nitrogen and oxygen atoms in total.